The molecule has 0 unspecified atom stereocenters. The maximum Gasteiger partial charge on any atom is 0.225 e. The van der Waals surface area contributed by atoms with Crippen LogP contribution in [-0.4, -0.2) is 73.8 Å². The molecule has 0 bridgehead atoms. The lowest BCUT2D eigenvalue weighted by Gasteiger charge is -2.30. The Balaban J connectivity index is 1.63. The van der Waals surface area contributed by atoms with Crippen LogP contribution in [0.15, 0.2) is 6.20 Å². The molecule has 0 aliphatic carbocycles. The smallest absolute Gasteiger partial charge is 0.225 e. The van der Waals surface area contributed by atoms with Crippen molar-refractivity contribution in [2.24, 2.45) is 5.41 Å². The van der Waals surface area contributed by atoms with Crippen molar-refractivity contribution in [2.45, 2.75) is 44.1 Å². The predicted octanol–water partition coefficient (Wildman–Crippen LogP) is 0.972. The molecule has 3 aliphatic heterocycles. The Labute approximate surface area is 166 Å². The van der Waals surface area contributed by atoms with E-state index in [4.69, 9.17) is 9.72 Å². The van der Waals surface area contributed by atoms with Gasteiger partial charge in [-0.2, -0.15) is 0 Å². The number of ether oxygens (including phenoxy) is 1. The normalized spacial score (nSPS) is 26.7. The predicted molar refractivity (Wildman–Crippen MR) is 105 cm³/mol. The zero-order chi connectivity index (χ0) is 20.1. The van der Waals surface area contributed by atoms with E-state index in [-0.39, 0.29) is 29.5 Å². The topological polar surface area (TPSA) is 92.7 Å². The van der Waals surface area contributed by atoms with Crippen LogP contribution in [0.5, 0.6) is 0 Å². The van der Waals surface area contributed by atoms with Gasteiger partial charge < -0.3 is 14.5 Å². The van der Waals surface area contributed by atoms with E-state index in [1.165, 1.54) is 0 Å². The van der Waals surface area contributed by atoms with Gasteiger partial charge in [-0.15, -0.1) is 0 Å². The van der Waals surface area contributed by atoms with E-state index in [9.17, 15) is 13.2 Å². The van der Waals surface area contributed by atoms with Crippen LogP contribution in [0.4, 0.5) is 5.95 Å². The van der Waals surface area contributed by atoms with E-state index in [1.54, 1.807) is 11.1 Å². The first kappa shape index (κ1) is 19.6. The second-order valence-electron chi connectivity index (χ2n) is 9.17. The lowest BCUT2D eigenvalue weighted by molar-refractivity contribution is -0.132. The summed E-state index contributed by atoms with van der Waals surface area (Å²) in [7, 11) is -3.33. The molecule has 0 radical (unpaired) electrons. The Bertz CT molecular complexity index is 874. The van der Waals surface area contributed by atoms with Crippen LogP contribution in [0.3, 0.4) is 0 Å². The molecule has 1 aromatic rings. The molecule has 1 aromatic heterocycles. The summed E-state index contributed by atoms with van der Waals surface area (Å²) in [6.45, 7) is 9.43. The van der Waals surface area contributed by atoms with E-state index in [1.807, 2.05) is 20.8 Å². The lowest BCUT2D eigenvalue weighted by atomic mass is 9.91. The van der Waals surface area contributed by atoms with Crippen LogP contribution in [0, 0.1) is 5.41 Å². The van der Waals surface area contributed by atoms with E-state index < -0.39 is 15.1 Å². The maximum atomic E-state index is 12.8. The number of nitrogens with zero attached hydrogens (tertiary/aromatic N) is 4. The molecule has 9 heteroatoms. The molecule has 4 rings (SSSR count). The molecule has 2 saturated heterocycles. The number of likely N-dealkylation sites (tertiary alicyclic amines) is 1. The van der Waals surface area contributed by atoms with Crippen LogP contribution in [-0.2, 0) is 25.1 Å². The van der Waals surface area contributed by atoms with Crippen LogP contribution in [0.2, 0.25) is 0 Å². The monoisotopic (exact) mass is 408 g/mol. The Kier molecular flexibility index (Phi) is 4.86. The molecule has 0 aromatic carbocycles. The van der Waals surface area contributed by atoms with E-state index >= 15 is 0 Å². The van der Waals surface area contributed by atoms with Gasteiger partial charge in [0.1, 0.15) is 0 Å². The number of hydrogen-bond acceptors (Lipinski definition) is 7. The second kappa shape index (κ2) is 6.95. The summed E-state index contributed by atoms with van der Waals surface area (Å²) in [6, 6.07) is 0. The van der Waals surface area contributed by atoms with Gasteiger partial charge in [-0.25, -0.2) is 18.4 Å². The number of amides is 1. The van der Waals surface area contributed by atoms with Gasteiger partial charge in [-0.05, 0) is 5.41 Å². The van der Waals surface area contributed by atoms with Crippen LogP contribution >= 0.6 is 0 Å². The number of carbonyl (C=O) groups excluding carboxylic acids is 1. The van der Waals surface area contributed by atoms with Crippen molar-refractivity contribution in [1.29, 1.82) is 0 Å². The zero-order valence-electron chi connectivity index (χ0n) is 16.7. The molecule has 2 atom stereocenters. The number of morpholine rings is 1. The van der Waals surface area contributed by atoms with E-state index in [0.717, 1.165) is 18.8 Å². The van der Waals surface area contributed by atoms with Crippen molar-refractivity contribution in [3.63, 3.8) is 0 Å². The molecule has 0 N–H and O–H groups in total. The number of fused-ring (bicyclic) bond motifs is 3. The molecule has 0 spiro atoms. The maximum absolute atomic E-state index is 12.8. The number of rotatable bonds is 2. The minimum absolute atomic E-state index is 0.0149. The summed E-state index contributed by atoms with van der Waals surface area (Å²) in [4.78, 5) is 25.7. The van der Waals surface area contributed by atoms with E-state index in [2.05, 4.69) is 9.88 Å². The SMILES string of the molecule is CC(C)(C)CC(=O)N1C[C@@H]2c3nc(N4CCOCC4)ncc3CS(=O)(=O)[C@@H]2C1. The van der Waals surface area contributed by atoms with Crippen molar-refractivity contribution < 1.29 is 17.9 Å². The Morgan fingerprint density at radius 1 is 1.25 bits per heavy atom. The quantitative estimate of drug-likeness (QED) is 0.720. The Morgan fingerprint density at radius 3 is 2.64 bits per heavy atom. The van der Waals surface area contributed by atoms with E-state index in [0.29, 0.717) is 37.7 Å². The highest BCUT2D eigenvalue weighted by Gasteiger charge is 2.48. The molecule has 4 heterocycles. The largest absolute Gasteiger partial charge is 0.378 e. The van der Waals surface area contributed by atoms with Gasteiger partial charge in [0.25, 0.3) is 0 Å². The number of anilines is 1. The summed E-state index contributed by atoms with van der Waals surface area (Å²) < 4.78 is 31.1. The van der Waals surface area contributed by atoms with Crippen molar-refractivity contribution in [3.05, 3.63) is 17.5 Å². The van der Waals surface area contributed by atoms with Gasteiger partial charge in [-0.1, -0.05) is 20.8 Å². The van der Waals surface area contributed by atoms with Crippen LogP contribution in [0.25, 0.3) is 0 Å². The number of aromatic nitrogens is 2. The Hall–Kier alpha value is -1.74. The summed E-state index contributed by atoms with van der Waals surface area (Å²) in [5.74, 6) is 0.315. The summed E-state index contributed by atoms with van der Waals surface area (Å²) in [6.07, 6.45) is 2.06. The standard InChI is InChI=1S/C19H28N4O4S/c1-19(2,3)8-16(24)23-10-14-15(11-23)28(25,26)12-13-9-20-18(21-17(13)14)22-4-6-27-7-5-22/h9,14-15H,4-8,10-12H2,1-3H3/t14-,15+/m0/s1. The van der Waals surface area contributed by atoms with Gasteiger partial charge >= 0.3 is 0 Å². The summed E-state index contributed by atoms with van der Waals surface area (Å²) in [5, 5.41) is -0.573. The fraction of sp³-hybridized carbons (Fsp3) is 0.737. The molecule has 28 heavy (non-hydrogen) atoms. The first-order valence-electron chi connectivity index (χ1n) is 9.82. The summed E-state index contributed by atoms with van der Waals surface area (Å²) >= 11 is 0. The highest BCUT2D eigenvalue weighted by atomic mass is 32.2. The third-order valence-electron chi connectivity index (χ3n) is 5.65. The summed E-state index contributed by atoms with van der Waals surface area (Å²) in [5.41, 5.74) is 1.33. The van der Waals surface area contributed by atoms with Crippen molar-refractivity contribution in [3.8, 4) is 0 Å². The van der Waals surface area contributed by atoms with Gasteiger partial charge in [0.2, 0.25) is 11.9 Å². The third kappa shape index (κ3) is 3.74. The van der Waals surface area contributed by atoms with Gasteiger partial charge in [0, 0.05) is 50.3 Å². The highest BCUT2D eigenvalue weighted by Crippen LogP contribution is 2.40. The van der Waals surface area contributed by atoms with Gasteiger partial charge in [0.15, 0.2) is 9.84 Å². The first-order chi connectivity index (χ1) is 13.1. The molecule has 0 saturated carbocycles. The number of carbonyl (C=O) groups is 1. The molecule has 2 fully saturated rings. The average molecular weight is 409 g/mol. The third-order valence-corrected chi connectivity index (χ3v) is 7.76. The fourth-order valence-electron chi connectivity index (χ4n) is 4.25. The lowest BCUT2D eigenvalue weighted by Crippen LogP contribution is -2.39. The molecule has 154 valence electrons. The molecule has 8 nitrogen and oxygen atoms in total. The average Bonchev–Trinajstić information content (AvgIpc) is 3.08. The Morgan fingerprint density at radius 2 is 1.96 bits per heavy atom. The minimum atomic E-state index is -3.33. The molecule has 1 amide bonds. The number of hydrogen-bond donors (Lipinski definition) is 0. The van der Waals surface area contributed by atoms with Crippen molar-refractivity contribution >= 4 is 21.7 Å². The van der Waals surface area contributed by atoms with Crippen molar-refractivity contribution in [2.75, 3.05) is 44.3 Å². The minimum Gasteiger partial charge on any atom is -0.378 e. The van der Waals surface area contributed by atoms with Gasteiger partial charge in [-0.3, -0.25) is 4.79 Å². The first-order valence-corrected chi connectivity index (χ1v) is 11.5. The van der Waals surface area contributed by atoms with Crippen LogP contribution < -0.4 is 4.90 Å². The fourth-order valence-corrected chi connectivity index (χ4v) is 6.24. The molecular weight excluding hydrogens is 380 g/mol. The zero-order valence-corrected chi connectivity index (χ0v) is 17.5. The van der Waals surface area contributed by atoms with Crippen molar-refractivity contribution in [1.82, 2.24) is 14.9 Å². The molecule has 3 aliphatic rings. The van der Waals surface area contributed by atoms with Gasteiger partial charge in [0.05, 0.1) is 29.9 Å². The highest BCUT2D eigenvalue weighted by molar-refractivity contribution is 7.91. The molecular formula is C19H28N4O4S. The second-order valence-corrected chi connectivity index (χ2v) is 11.4. The number of sulfone groups is 1. The van der Waals surface area contributed by atoms with Crippen LogP contribution in [0.1, 0.15) is 44.4 Å².